The van der Waals surface area contributed by atoms with Crippen molar-refractivity contribution in [2.45, 2.75) is 44.5 Å². The molecule has 0 atom stereocenters. The van der Waals surface area contributed by atoms with Gasteiger partial charge < -0.3 is 14.8 Å². The second-order valence-electron chi connectivity index (χ2n) is 7.55. The fourth-order valence-corrected chi connectivity index (χ4v) is 4.11. The fourth-order valence-electron chi connectivity index (χ4n) is 4.11. The van der Waals surface area contributed by atoms with E-state index in [4.69, 9.17) is 6.15 Å². The van der Waals surface area contributed by atoms with Gasteiger partial charge in [0.1, 0.15) is 11.5 Å². The van der Waals surface area contributed by atoms with E-state index in [1.54, 1.807) is 24.3 Å². The molecule has 1 amide bonds. The molecule has 4 nitrogen and oxygen atoms in total. The van der Waals surface area contributed by atoms with Crippen molar-refractivity contribution in [1.29, 1.82) is 0 Å². The molecule has 0 spiro atoms. The van der Waals surface area contributed by atoms with Crippen LogP contribution in [0.3, 0.4) is 0 Å². The molecule has 154 valence electrons. The van der Waals surface area contributed by atoms with Crippen molar-refractivity contribution in [1.82, 2.24) is 5.31 Å². The van der Waals surface area contributed by atoms with Crippen molar-refractivity contribution < 1.29 is 28.9 Å². The van der Waals surface area contributed by atoms with Crippen LogP contribution in [-0.2, 0) is 6.54 Å². The van der Waals surface area contributed by atoms with Crippen LogP contribution in [0.2, 0.25) is 1.41 Å². The van der Waals surface area contributed by atoms with E-state index in [1.807, 2.05) is 6.07 Å². The number of ether oxygens (including phenoxy) is 2. The minimum absolute atomic E-state index is 0.201. The molecule has 0 saturated heterocycles. The highest BCUT2D eigenvalue weighted by Crippen LogP contribution is 2.37. The number of hydrogen-bond donors (Lipinski definition) is 1. The Kier molecular flexibility index (Phi) is 5.04. The molecular weight excluding hydrogens is 383 g/mol. The Morgan fingerprint density at radius 3 is 2.48 bits per heavy atom. The molecule has 0 aromatic heterocycles. The zero-order chi connectivity index (χ0) is 21.3. The molecule has 1 aliphatic carbocycles. The van der Waals surface area contributed by atoms with Crippen LogP contribution in [0.25, 0.3) is 0 Å². The van der Waals surface area contributed by atoms with Gasteiger partial charge in [0.05, 0.1) is 6.61 Å². The molecule has 2 aliphatic rings. The van der Waals surface area contributed by atoms with Crippen molar-refractivity contribution in [2.75, 3.05) is 6.61 Å². The lowest BCUT2D eigenvalue weighted by Crippen LogP contribution is -2.20. The highest BCUT2D eigenvalue weighted by molar-refractivity contribution is 5.99. The summed E-state index contributed by atoms with van der Waals surface area (Å²) >= 11 is 0. The Hall–Kier alpha value is -2.70. The number of alkyl halides is 3. The fraction of sp³-hybridized carbons (Fsp3) is 0.409. The lowest BCUT2D eigenvalue weighted by molar-refractivity contribution is -0.274. The second kappa shape index (κ2) is 7.97. The summed E-state index contributed by atoms with van der Waals surface area (Å²) in [6.07, 6.45) is -0.864. The van der Waals surface area contributed by atoms with Crippen LogP contribution in [-0.4, -0.2) is 18.9 Å². The van der Waals surface area contributed by atoms with Gasteiger partial charge >= 0.3 is 6.36 Å². The van der Waals surface area contributed by atoms with Crippen molar-refractivity contribution in [2.24, 2.45) is 5.92 Å². The summed E-state index contributed by atoms with van der Waals surface area (Å²) in [5, 5.41) is 0.938. The van der Waals surface area contributed by atoms with E-state index in [1.165, 1.54) is 12.1 Å². The van der Waals surface area contributed by atoms with E-state index in [-0.39, 0.29) is 18.2 Å². The number of benzene rings is 2. The Morgan fingerprint density at radius 1 is 1.07 bits per heavy atom. The largest absolute Gasteiger partial charge is 0.573 e. The molecule has 0 bridgehead atoms. The Bertz CT molecular complexity index is 909. The molecule has 1 heterocycles. The summed E-state index contributed by atoms with van der Waals surface area (Å²) < 4.78 is 54.5. The lowest BCUT2D eigenvalue weighted by Gasteiger charge is -2.29. The predicted octanol–water partition coefficient (Wildman–Crippen LogP) is 5.18. The van der Waals surface area contributed by atoms with E-state index < -0.39 is 6.36 Å². The van der Waals surface area contributed by atoms with Crippen molar-refractivity contribution in [3.05, 3.63) is 59.2 Å². The molecule has 1 N–H and O–H groups in total. The van der Waals surface area contributed by atoms with Gasteiger partial charge in [-0.15, -0.1) is 13.2 Å². The molecule has 4 rings (SSSR count). The standard InChI is InChI=1S/C22H22F3NO3/c23-22(24,25)29-17-10-8-16(9-11-17)15-6-4-14(5-7-15)13-28-20-3-1-2-18-19(20)12-26-21(18)27/h1-3,8-11,14-15H,4-7,12-13H2,(H,26,27)/i/hD. The van der Waals surface area contributed by atoms with Crippen LogP contribution in [0.5, 0.6) is 11.5 Å². The smallest absolute Gasteiger partial charge is 0.493 e. The molecule has 1 aliphatic heterocycles. The van der Waals surface area contributed by atoms with E-state index in [0.29, 0.717) is 29.8 Å². The lowest BCUT2D eigenvalue weighted by atomic mass is 9.79. The van der Waals surface area contributed by atoms with Gasteiger partial charge in [-0.3, -0.25) is 4.79 Å². The summed E-state index contributed by atoms with van der Waals surface area (Å²) in [5.41, 5.74) is 2.33. The number of fused-ring (bicyclic) bond motifs is 1. The average Bonchev–Trinajstić information content (AvgIpc) is 3.01. The summed E-state index contributed by atoms with van der Waals surface area (Å²) in [5.74, 6) is 0.861. The first-order valence-corrected chi connectivity index (χ1v) is 9.71. The topological polar surface area (TPSA) is 47.6 Å². The summed E-state index contributed by atoms with van der Waals surface area (Å²) in [4.78, 5) is 11.9. The monoisotopic (exact) mass is 406 g/mol. The average molecular weight is 406 g/mol. The van der Waals surface area contributed by atoms with Crippen LogP contribution >= 0.6 is 0 Å². The molecule has 1 fully saturated rings. The number of nitrogens with one attached hydrogen (secondary N) is 1. The Morgan fingerprint density at radius 2 is 1.79 bits per heavy atom. The first-order valence-electron chi connectivity index (χ1n) is 10.2. The zero-order valence-electron chi connectivity index (χ0n) is 16.7. The van der Waals surface area contributed by atoms with E-state index in [0.717, 1.165) is 42.1 Å². The highest BCUT2D eigenvalue weighted by Gasteiger charge is 2.31. The van der Waals surface area contributed by atoms with Crippen molar-refractivity contribution >= 4 is 5.91 Å². The Balaban J connectivity index is 1.29. The number of amides is 1. The molecule has 2 aromatic carbocycles. The van der Waals surface area contributed by atoms with Crippen molar-refractivity contribution in [3.8, 4) is 11.5 Å². The molecule has 7 heteroatoms. The normalized spacial score (nSPS) is 22.2. The number of rotatable bonds is 5. The van der Waals surface area contributed by atoms with Crippen LogP contribution in [0.1, 0.15) is 53.1 Å². The first-order chi connectivity index (χ1) is 14.3. The van der Waals surface area contributed by atoms with E-state index in [2.05, 4.69) is 4.74 Å². The highest BCUT2D eigenvalue weighted by atomic mass is 19.4. The number of halogens is 3. The molecule has 0 unspecified atom stereocenters. The molecule has 29 heavy (non-hydrogen) atoms. The minimum Gasteiger partial charge on any atom is -0.493 e. The molecular formula is C22H22F3NO3. The van der Waals surface area contributed by atoms with Gasteiger partial charge in [-0.2, -0.15) is 0 Å². The second-order valence-corrected chi connectivity index (χ2v) is 7.55. The van der Waals surface area contributed by atoms with Crippen molar-refractivity contribution in [3.63, 3.8) is 0 Å². The number of carbonyl (C=O) groups excluding carboxylic acids is 1. The zero-order valence-corrected chi connectivity index (χ0v) is 15.7. The quantitative estimate of drug-likeness (QED) is 0.744. The minimum atomic E-state index is -4.68. The van der Waals surface area contributed by atoms with Gasteiger partial charge in [0.25, 0.3) is 5.91 Å². The van der Waals surface area contributed by atoms with Crippen LogP contribution in [0, 0.1) is 5.92 Å². The van der Waals surface area contributed by atoms with Gasteiger partial charge in [-0.1, -0.05) is 18.2 Å². The van der Waals surface area contributed by atoms with Crippen LogP contribution in [0.15, 0.2) is 42.5 Å². The van der Waals surface area contributed by atoms with Gasteiger partial charge in [0, 0.05) is 17.7 Å². The van der Waals surface area contributed by atoms with E-state index in [9.17, 15) is 18.0 Å². The third-order valence-electron chi connectivity index (χ3n) is 5.65. The summed E-state index contributed by atoms with van der Waals surface area (Å²) in [6, 6.07) is 11.5. The third kappa shape index (κ3) is 4.66. The van der Waals surface area contributed by atoms with E-state index >= 15 is 0 Å². The number of carbonyl (C=O) groups is 1. The molecule has 2 aromatic rings. The van der Waals surface area contributed by atoms with Gasteiger partial charge in [-0.05, 0) is 67.3 Å². The van der Waals surface area contributed by atoms with Crippen LogP contribution in [0.4, 0.5) is 13.2 Å². The van der Waals surface area contributed by atoms with Gasteiger partial charge in [0.15, 0.2) is 1.41 Å². The third-order valence-corrected chi connectivity index (χ3v) is 5.65. The molecule has 0 radical (unpaired) electrons. The molecule has 1 saturated carbocycles. The maximum Gasteiger partial charge on any atom is 0.573 e. The Labute approximate surface area is 168 Å². The maximum atomic E-state index is 12.3. The van der Waals surface area contributed by atoms with Crippen LogP contribution < -0.4 is 14.8 Å². The van der Waals surface area contributed by atoms with Gasteiger partial charge in [0.2, 0.25) is 0 Å². The SMILES string of the molecule is [2H]N1Cc2c(OCC3CCC(c4ccc(OC(F)(F)F)cc4)CC3)cccc2C1=O. The first kappa shape index (κ1) is 18.3. The predicted molar refractivity (Wildman–Crippen MR) is 101 cm³/mol. The maximum absolute atomic E-state index is 12.3. The summed E-state index contributed by atoms with van der Waals surface area (Å²) in [6.45, 7) is 0.791. The summed E-state index contributed by atoms with van der Waals surface area (Å²) in [7, 11) is 0. The number of hydrogen-bond acceptors (Lipinski definition) is 3. The van der Waals surface area contributed by atoms with Gasteiger partial charge in [-0.25, -0.2) is 0 Å².